The van der Waals surface area contributed by atoms with Gasteiger partial charge in [0.15, 0.2) is 4.90 Å². The maximum absolute atomic E-state index is 13.9. The van der Waals surface area contributed by atoms with Gasteiger partial charge in [-0.05, 0) is 31.5 Å². The van der Waals surface area contributed by atoms with Crippen molar-refractivity contribution in [1.29, 1.82) is 5.26 Å². The lowest BCUT2D eigenvalue weighted by atomic mass is 9.99. The number of ether oxygens (including phenoxy) is 1. The molecule has 134 valence electrons. The second kappa shape index (κ2) is 8.18. The van der Waals surface area contributed by atoms with Gasteiger partial charge in [0, 0.05) is 13.7 Å². The first kappa shape index (κ1) is 20.7. The highest BCUT2D eigenvalue weighted by atomic mass is 35.5. The van der Waals surface area contributed by atoms with Crippen LogP contribution in [0.15, 0.2) is 17.0 Å². The largest absolute Gasteiger partial charge is 0.383 e. The Morgan fingerprint density at radius 3 is 2.50 bits per heavy atom. The third kappa shape index (κ3) is 4.40. The highest BCUT2D eigenvalue weighted by Crippen LogP contribution is 2.23. The number of halogens is 3. The molecule has 6 nitrogen and oxygen atoms in total. The van der Waals surface area contributed by atoms with E-state index in [2.05, 4.69) is 10.0 Å². The monoisotopic (exact) mass is 381 g/mol. The van der Waals surface area contributed by atoms with E-state index in [-0.39, 0.29) is 31.1 Å². The van der Waals surface area contributed by atoms with Crippen molar-refractivity contribution >= 4 is 22.4 Å². The van der Waals surface area contributed by atoms with Crippen molar-refractivity contribution in [2.75, 3.05) is 26.8 Å². The molecule has 2 N–H and O–H groups in total. The van der Waals surface area contributed by atoms with Crippen LogP contribution in [0, 0.1) is 23.0 Å². The Labute approximate surface area is 145 Å². The average Bonchev–Trinajstić information content (AvgIpc) is 2.94. The molecule has 0 spiro atoms. The van der Waals surface area contributed by atoms with Crippen LogP contribution < -0.4 is 10.0 Å². The van der Waals surface area contributed by atoms with Gasteiger partial charge in [-0.2, -0.15) is 5.26 Å². The Bertz CT molecular complexity index is 708. The lowest BCUT2D eigenvalue weighted by Gasteiger charge is -2.28. The third-order valence-electron chi connectivity index (χ3n) is 3.75. The summed E-state index contributed by atoms with van der Waals surface area (Å²) in [7, 11) is -2.90. The number of sulfonamides is 1. The van der Waals surface area contributed by atoms with E-state index in [4.69, 9.17) is 10.00 Å². The number of methoxy groups -OCH3 is 1. The average molecular weight is 382 g/mol. The molecule has 1 aromatic rings. The summed E-state index contributed by atoms with van der Waals surface area (Å²) in [5.74, 6) is -2.59. The molecular formula is C14H18ClF2N3O3S. The van der Waals surface area contributed by atoms with Crippen molar-refractivity contribution in [1.82, 2.24) is 10.0 Å². The van der Waals surface area contributed by atoms with Crippen LogP contribution in [0.3, 0.4) is 0 Å². The predicted molar refractivity (Wildman–Crippen MR) is 85.4 cm³/mol. The SMILES string of the molecule is COCC1(CNS(=O)(=O)c2c(F)cc(C#N)cc2F)CCCN1.Cl. The summed E-state index contributed by atoms with van der Waals surface area (Å²) in [6, 6.07) is 2.95. The summed E-state index contributed by atoms with van der Waals surface area (Å²) in [6.45, 7) is 0.931. The van der Waals surface area contributed by atoms with Crippen molar-refractivity contribution in [2.24, 2.45) is 0 Å². The van der Waals surface area contributed by atoms with Gasteiger partial charge < -0.3 is 10.1 Å². The van der Waals surface area contributed by atoms with Crippen LogP contribution in [-0.2, 0) is 14.8 Å². The summed E-state index contributed by atoms with van der Waals surface area (Å²) in [6.07, 6.45) is 1.53. The maximum Gasteiger partial charge on any atom is 0.246 e. The van der Waals surface area contributed by atoms with Crippen LogP contribution in [0.5, 0.6) is 0 Å². The van der Waals surface area contributed by atoms with Gasteiger partial charge in [0.1, 0.15) is 11.6 Å². The number of hydrogen-bond acceptors (Lipinski definition) is 5. The molecule has 0 bridgehead atoms. The normalized spacial score (nSPS) is 20.4. The van der Waals surface area contributed by atoms with E-state index in [9.17, 15) is 17.2 Å². The van der Waals surface area contributed by atoms with Gasteiger partial charge in [-0.3, -0.25) is 0 Å². The summed E-state index contributed by atoms with van der Waals surface area (Å²) in [4.78, 5) is -1.08. The number of rotatable bonds is 6. The zero-order valence-corrected chi connectivity index (χ0v) is 14.6. The van der Waals surface area contributed by atoms with E-state index in [1.807, 2.05) is 0 Å². The fraction of sp³-hybridized carbons (Fsp3) is 0.500. The molecule has 1 aliphatic heterocycles. The third-order valence-corrected chi connectivity index (χ3v) is 5.20. The minimum atomic E-state index is -4.40. The molecule has 1 aromatic carbocycles. The Morgan fingerprint density at radius 1 is 1.42 bits per heavy atom. The second-order valence-electron chi connectivity index (χ2n) is 5.45. The minimum absolute atomic E-state index is 0. The van der Waals surface area contributed by atoms with Gasteiger partial charge >= 0.3 is 0 Å². The van der Waals surface area contributed by atoms with E-state index in [1.165, 1.54) is 7.11 Å². The van der Waals surface area contributed by atoms with Crippen LogP contribution in [0.25, 0.3) is 0 Å². The zero-order chi connectivity index (χ0) is 17.1. The standard InChI is InChI=1S/C14H17F2N3O3S.ClH/c1-22-9-14(3-2-4-18-14)8-19-23(20,21)13-11(15)5-10(7-17)6-12(13)16;/h5-6,18-19H,2-4,8-9H2,1H3;1H. The molecule has 1 unspecified atom stereocenters. The number of hydrogen-bond donors (Lipinski definition) is 2. The van der Waals surface area contributed by atoms with Crippen molar-refractivity contribution in [3.05, 3.63) is 29.3 Å². The molecule has 1 saturated heterocycles. The van der Waals surface area contributed by atoms with Gasteiger partial charge in [-0.15, -0.1) is 12.4 Å². The fourth-order valence-electron chi connectivity index (χ4n) is 2.66. The first-order valence-corrected chi connectivity index (χ1v) is 8.45. The van der Waals surface area contributed by atoms with E-state index in [0.29, 0.717) is 25.1 Å². The number of nitrogens with one attached hydrogen (secondary N) is 2. The molecule has 0 aliphatic carbocycles. The maximum atomic E-state index is 13.9. The van der Waals surface area contributed by atoms with Crippen LogP contribution in [0.2, 0.25) is 0 Å². The van der Waals surface area contributed by atoms with Crippen molar-refractivity contribution in [3.63, 3.8) is 0 Å². The van der Waals surface area contributed by atoms with E-state index < -0.39 is 32.1 Å². The Balaban J connectivity index is 0.00000288. The Morgan fingerprint density at radius 2 is 2.04 bits per heavy atom. The zero-order valence-electron chi connectivity index (χ0n) is 12.9. The first-order chi connectivity index (χ1) is 10.8. The molecule has 0 saturated carbocycles. The van der Waals surface area contributed by atoms with Crippen LogP contribution in [-0.4, -0.2) is 40.8 Å². The number of benzene rings is 1. The topological polar surface area (TPSA) is 91.2 Å². The molecule has 0 amide bonds. The van der Waals surface area contributed by atoms with E-state index >= 15 is 0 Å². The van der Waals surface area contributed by atoms with Crippen LogP contribution in [0.1, 0.15) is 18.4 Å². The van der Waals surface area contributed by atoms with Gasteiger partial charge in [0.25, 0.3) is 0 Å². The molecule has 24 heavy (non-hydrogen) atoms. The first-order valence-electron chi connectivity index (χ1n) is 6.96. The molecule has 0 radical (unpaired) electrons. The lowest BCUT2D eigenvalue weighted by Crippen LogP contribution is -2.53. The molecule has 10 heteroatoms. The van der Waals surface area contributed by atoms with Gasteiger partial charge in [0.2, 0.25) is 10.0 Å². The lowest BCUT2D eigenvalue weighted by molar-refractivity contribution is 0.122. The molecular weight excluding hydrogens is 364 g/mol. The van der Waals surface area contributed by atoms with Crippen LogP contribution in [0.4, 0.5) is 8.78 Å². The second-order valence-corrected chi connectivity index (χ2v) is 7.15. The van der Waals surface area contributed by atoms with Gasteiger partial charge in [-0.1, -0.05) is 0 Å². The molecule has 1 fully saturated rings. The van der Waals surface area contributed by atoms with Gasteiger partial charge in [-0.25, -0.2) is 21.9 Å². The Hall–Kier alpha value is -1.31. The highest BCUT2D eigenvalue weighted by molar-refractivity contribution is 7.89. The summed E-state index contributed by atoms with van der Waals surface area (Å²) < 4.78 is 59.6. The number of nitriles is 1. The van der Waals surface area contributed by atoms with Crippen LogP contribution >= 0.6 is 12.4 Å². The van der Waals surface area contributed by atoms with Crippen molar-refractivity contribution in [2.45, 2.75) is 23.3 Å². The fourth-order valence-corrected chi connectivity index (χ4v) is 3.90. The number of nitrogens with zero attached hydrogens (tertiary/aromatic N) is 1. The summed E-state index contributed by atoms with van der Waals surface area (Å²) >= 11 is 0. The predicted octanol–water partition coefficient (Wildman–Crippen LogP) is 1.31. The molecule has 2 rings (SSSR count). The summed E-state index contributed by atoms with van der Waals surface area (Å²) in [5.41, 5.74) is -0.881. The minimum Gasteiger partial charge on any atom is -0.383 e. The smallest absolute Gasteiger partial charge is 0.246 e. The Kier molecular flexibility index (Phi) is 7.07. The molecule has 1 aliphatic rings. The van der Waals surface area contributed by atoms with E-state index in [1.54, 1.807) is 6.07 Å². The highest BCUT2D eigenvalue weighted by Gasteiger charge is 2.36. The molecule has 0 aromatic heterocycles. The van der Waals surface area contributed by atoms with E-state index in [0.717, 1.165) is 6.42 Å². The van der Waals surface area contributed by atoms with Crippen molar-refractivity contribution in [3.8, 4) is 6.07 Å². The van der Waals surface area contributed by atoms with Gasteiger partial charge in [0.05, 0.1) is 23.8 Å². The summed E-state index contributed by atoms with van der Waals surface area (Å²) in [5, 5.41) is 11.8. The van der Waals surface area contributed by atoms with Crippen molar-refractivity contribution < 1.29 is 21.9 Å². The molecule has 1 atom stereocenters. The quantitative estimate of drug-likeness (QED) is 0.775. The molecule has 1 heterocycles.